The summed E-state index contributed by atoms with van der Waals surface area (Å²) in [4.78, 5) is 50.9. The number of rotatable bonds is 9. The van der Waals surface area contributed by atoms with Crippen LogP contribution < -0.4 is 22.2 Å². The van der Waals surface area contributed by atoms with E-state index in [0.717, 1.165) is 26.7 Å². The Bertz CT molecular complexity index is 1110. The van der Waals surface area contributed by atoms with Gasteiger partial charge in [0, 0.05) is 41.2 Å². The zero-order valence-electron chi connectivity index (χ0n) is 19.3. The fourth-order valence-electron chi connectivity index (χ4n) is 3.78. The molecule has 1 aliphatic rings. The first-order valence-electron chi connectivity index (χ1n) is 10.8. The molecule has 5 amide bonds. The van der Waals surface area contributed by atoms with Crippen molar-refractivity contribution in [1.29, 1.82) is 0 Å². The predicted octanol–water partition coefficient (Wildman–Crippen LogP) is 2.84. The highest BCUT2D eigenvalue weighted by Crippen LogP contribution is 2.27. The van der Waals surface area contributed by atoms with E-state index in [2.05, 4.69) is 15.8 Å². The van der Waals surface area contributed by atoms with Crippen LogP contribution in [-0.2, 0) is 17.9 Å². The van der Waals surface area contributed by atoms with Gasteiger partial charge in [-0.1, -0.05) is 29.8 Å². The van der Waals surface area contributed by atoms with Crippen molar-refractivity contribution >= 4 is 40.9 Å². The van der Waals surface area contributed by atoms with Crippen LogP contribution in [0, 0.1) is 4.91 Å². The molecular weight excluding hydrogens is 476 g/mol. The number of carbonyl (C=O) groups excluding carboxylic acids is 3. The number of hydrogen-bond donors (Lipinski definition) is 4. The molecule has 2 atom stereocenters. The Morgan fingerprint density at radius 1 is 1.17 bits per heavy atom. The van der Waals surface area contributed by atoms with Gasteiger partial charge in [-0.25, -0.2) is 25.3 Å². The fraction of sp³-hybridized carbons (Fsp3) is 0.318. The summed E-state index contributed by atoms with van der Waals surface area (Å²) in [6.45, 7) is 1.85. The van der Waals surface area contributed by atoms with Gasteiger partial charge >= 0.3 is 12.1 Å². The first kappa shape index (κ1) is 25.9. The van der Waals surface area contributed by atoms with Crippen molar-refractivity contribution in [3.63, 3.8) is 0 Å². The Hall–Kier alpha value is -3.74. The third-order valence-electron chi connectivity index (χ3n) is 5.61. The highest BCUT2D eigenvalue weighted by Gasteiger charge is 2.45. The molecule has 6 N–H and O–H groups in total. The van der Waals surface area contributed by atoms with Gasteiger partial charge < -0.3 is 16.4 Å². The zero-order valence-corrected chi connectivity index (χ0v) is 20.0. The number of benzene rings is 2. The maximum Gasteiger partial charge on any atom is 0.345 e. The molecule has 0 aromatic heterocycles. The standard InChI is InChI=1S/C22H27ClN8O4/c1-13(9-19(32)28-35)30-21(33)29(12-14-3-6-16(23)7-4-14)20(31(25)22(30)34)27-17-8-5-15(11-24)18(10-17)26-2/h3-8,10,13,20,26-27H,9,11-12,24-25H2,1-2H3/t13-,20?/m0/s1. The van der Waals surface area contributed by atoms with Gasteiger partial charge in [-0.05, 0) is 42.3 Å². The summed E-state index contributed by atoms with van der Waals surface area (Å²) < 4.78 is 0. The van der Waals surface area contributed by atoms with Crippen molar-refractivity contribution in [2.24, 2.45) is 16.8 Å². The highest BCUT2D eigenvalue weighted by atomic mass is 35.5. The smallest absolute Gasteiger partial charge is 0.345 e. The Morgan fingerprint density at radius 2 is 1.86 bits per heavy atom. The molecule has 0 spiro atoms. The van der Waals surface area contributed by atoms with Gasteiger partial charge in [-0.3, -0.25) is 9.69 Å². The number of hydrogen-bond acceptors (Lipinski definition) is 8. The van der Waals surface area contributed by atoms with Crippen molar-refractivity contribution in [3.8, 4) is 0 Å². The number of nitrogens with one attached hydrogen (secondary N) is 2. The highest BCUT2D eigenvalue weighted by molar-refractivity contribution is 6.30. The normalized spacial score (nSPS) is 16.8. The lowest BCUT2D eigenvalue weighted by molar-refractivity contribution is -0.118. The molecule has 0 saturated carbocycles. The lowest BCUT2D eigenvalue weighted by Crippen LogP contribution is -2.71. The number of halogens is 1. The summed E-state index contributed by atoms with van der Waals surface area (Å²) in [5, 5.41) is 9.92. The first-order chi connectivity index (χ1) is 16.7. The monoisotopic (exact) mass is 502 g/mol. The number of urea groups is 2. The second kappa shape index (κ2) is 11.1. The maximum absolute atomic E-state index is 13.5. The molecule has 0 radical (unpaired) electrons. The van der Waals surface area contributed by atoms with Gasteiger partial charge in [0.25, 0.3) is 5.91 Å². The van der Waals surface area contributed by atoms with Crippen LogP contribution in [0.15, 0.2) is 47.6 Å². The molecule has 13 heteroatoms. The number of nitrogens with two attached hydrogens (primary N) is 2. The van der Waals surface area contributed by atoms with Crippen molar-refractivity contribution in [3.05, 3.63) is 63.5 Å². The minimum absolute atomic E-state index is 0.0670. The summed E-state index contributed by atoms with van der Waals surface area (Å²) in [5.74, 6) is 5.20. The number of carbonyl (C=O) groups is 3. The van der Waals surface area contributed by atoms with E-state index in [1.54, 1.807) is 43.4 Å². The van der Waals surface area contributed by atoms with Crippen LogP contribution in [0.3, 0.4) is 0 Å². The van der Waals surface area contributed by atoms with E-state index < -0.39 is 36.7 Å². The molecule has 2 aromatic carbocycles. The van der Waals surface area contributed by atoms with Crippen molar-refractivity contribution in [1.82, 2.24) is 14.8 Å². The summed E-state index contributed by atoms with van der Waals surface area (Å²) in [5.41, 5.74) is 8.73. The molecule has 1 unspecified atom stereocenters. The third kappa shape index (κ3) is 5.67. The Morgan fingerprint density at radius 3 is 2.46 bits per heavy atom. The molecule has 1 fully saturated rings. The Labute approximate surface area is 207 Å². The predicted molar refractivity (Wildman–Crippen MR) is 132 cm³/mol. The van der Waals surface area contributed by atoms with Gasteiger partial charge in [0.15, 0.2) is 0 Å². The molecule has 0 aliphatic carbocycles. The molecule has 1 saturated heterocycles. The zero-order chi connectivity index (χ0) is 25.7. The first-order valence-corrected chi connectivity index (χ1v) is 11.1. The fourth-order valence-corrected chi connectivity index (χ4v) is 3.90. The van der Waals surface area contributed by atoms with E-state index in [1.807, 2.05) is 6.07 Å². The number of nitrogens with zero attached hydrogens (tertiary/aromatic N) is 4. The van der Waals surface area contributed by atoms with Crippen LogP contribution >= 0.6 is 11.6 Å². The molecule has 2 aromatic rings. The van der Waals surface area contributed by atoms with Gasteiger partial charge in [-0.15, -0.1) is 4.91 Å². The number of anilines is 2. The van der Waals surface area contributed by atoms with Crippen molar-refractivity contribution in [2.45, 2.75) is 38.8 Å². The number of nitroso groups, excluding NO2 is 1. The van der Waals surface area contributed by atoms with Crippen LogP contribution in [-0.4, -0.2) is 52.2 Å². The lowest BCUT2D eigenvalue weighted by Gasteiger charge is -2.47. The van der Waals surface area contributed by atoms with E-state index in [4.69, 9.17) is 23.2 Å². The minimum atomic E-state index is -1.07. The average Bonchev–Trinajstić information content (AvgIpc) is 2.85. The molecule has 3 rings (SSSR count). The average molecular weight is 503 g/mol. The van der Waals surface area contributed by atoms with E-state index in [0.29, 0.717) is 17.3 Å². The van der Waals surface area contributed by atoms with Gasteiger partial charge in [0.05, 0.1) is 13.0 Å². The minimum Gasteiger partial charge on any atom is -0.388 e. The van der Waals surface area contributed by atoms with Crippen LogP contribution in [0.5, 0.6) is 0 Å². The second-order valence-electron chi connectivity index (χ2n) is 7.98. The Kier molecular flexibility index (Phi) is 8.22. The Balaban J connectivity index is 1.97. The van der Waals surface area contributed by atoms with Crippen LogP contribution in [0.1, 0.15) is 24.5 Å². The van der Waals surface area contributed by atoms with Crippen molar-refractivity contribution in [2.75, 3.05) is 17.7 Å². The van der Waals surface area contributed by atoms with E-state index in [-0.39, 0.29) is 6.54 Å². The van der Waals surface area contributed by atoms with E-state index in [1.165, 1.54) is 11.8 Å². The SMILES string of the molecule is CNc1cc(NC2N(N)C(=O)N([C@@H](C)CC(=O)N=O)C(=O)N2Cc2ccc(Cl)cc2)ccc1CN. The topological polar surface area (TPSA) is 166 Å². The summed E-state index contributed by atoms with van der Waals surface area (Å²) >= 11 is 5.99. The second-order valence-corrected chi connectivity index (χ2v) is 8.42. The third-order valence-corrected chi connectivity index (χ3v) is 5.86. The van der Waals surface area contributed by atoms with E-state index in [9.17, 15) is 19.3 Å². The molecule has 1 aliphatic heterocycles. The lowest BCUT2D eigenvalue weighted by atomic mass is 10.1. The van der Waals surface area contributed by atoms with E-state index >= 15 is 0 Å². The molecule has 12 nitrogen and oxygen atoms in total. The molecule has 1 heterocycles. The van der Waals surface area contributed by atoms with Gasteiger partial charge in [0.1, 0.15) is 0 Å². The number of hydrazine groups is 1. The van der Waals surface area contributed by atoms with Gasteiger partial charge in [-0.2, -0.15) is 0 Å². The summed E-state index contributed by atoms with van der Waals surface area (Å²) in [6, 6.07) is 9.74. The largest absolute Gasteiger partial charge is 0.388 e. The van der Waals surface area contributed by atoms with Crippen molar-refractivity contribution < 1.29 is 14.4 Å². The molecular formula is C22H27ClN8O4. The molecule has 186 valence electrons. The molecule has 0 bridgehead atoms. The maximum atomic E-state index is 13.5. The summed E-state index contributed by atoms with van der Waals surface area (Å²) in [7, 11) is 1.75. The van der Waals surface area contributed by atoms with Gasteiger partial charge in [0.2, 0.25) is 6.29 Å². The number of amides is 5. The molecule has 35 heavy (non-hydrogen) atoms. The van der Waals surface area contributed by atoms with Crippen LogP contribution in [0.4, 0.5) is 21.0 Å². The van der Waals surface area contributed by atoms with Crippen LogP contribution in [0.25, 0.3) is 0 Å². The number of imide groups is 1. The van der Waals surface area contributed by atoms with Crippen LogP contribution in [0.2, 0.25) is 5.02 Å². The summed E-state index contributed by atoms with van der Waals surface area (Å²) in [6.07, 6.45) is -1.49. The quantitative estimate of drug-likeness (QED) is 0.230.